The van der Waals surface area contributed by atoms with Crippen molar-refractivity contribution in [2.45, 2.75) is 32.1 Å². The molecule has 2 fully saturated rings. The quantitative estimate of drug-likeness (QED) is 0.461. The summed E-state index contributed by atoms with van der Waals surface area (Å²) in [5.41, 5.74) is 1.05. The Balaban J connectivity index is 1.37. The summed E-state index contributed by atoms with van der Waals surface area (Å²) in [6.07, 6.45) is 5.66. The number of halogens is 1. The van der Waals surface area contributed by atoms with E-state index in [0.29, 0.717) is 13.1 Å². The van der Waals surface area contributed by atoms with Crippen LogP contribution >= 0.6 is 0 Å². The zero-order chi connectivity index (χ0) is 19.8. The second-order valence-electron chi connectivity index (χ2n) is 7.55. The standard InChI is InChI=1S/C21H32FN5O/c1-23-21(25-12-11-24-20(28)17-5-3-2-4-6-17)27-15-13-26(14-16-27)19-9-7-18(22)8-10-19/h7-10,17H,2-6,11-16H2,1H3,(H,23,25)(H,24,28). The Labute approximate surface area is 167 Å². The number of aliphatic imine (C=N–C) groups is 1. The number of benzene rings is 1. The zero-order valence-corrected chi connectivity index (χ0v) is 16.8. The molecule has 154 valence electrons. The molecule has 0 unspecified atom stereocenters. The van der Waals surface area contributed by atoms with Gasteiger partial charge in [0.05, 0.1) is 0 Å². The molecule has 0 spiro atoms. The number of nitrogens with one attached hydrogen (secondary N) is 2. The number of guanidine groups is 1. The second kappa shape index (κ2) is 10.3. The summed E-state index contributed by atoms with van der Waals surface area (Å²) < 4.78 is 13.1. The molecule has 1 aliphatic carbocycles. The Morgan fingerprint density at radius 2 is 1.68 bits per heavy atom. The highest BCUT2D eigenvalue weighted by Gasteiger charge is 2.21. The predicted molar refractivity (Wildman–Crippen MR) is 111 cm³/mol. The minimum absolute atomic E-state index is 0.199. The molecule has 1 aromatic carbocycles. The Morgan fingerprint density at radius 1 is 1.04 bits per heavy atom. The van der Waals surface area contributed by atoms with E-state index in [0.717, 1.165) is 50.7 Å². The molecule has 6 nitrogen and oxygen atoms in total. The van der Waals surface area contributed by atoms with Crippen molar-refractivity contribution >= 4 is 17.6 Å². The van der Waals surface area contributed by atoms with E-state index in [2.05, 4.69) is 25.4 Å². The maximum atomic E-state index is 13.1. The molecule has 1 saturated carbocycles. The van der Waals surface area contributed by atoms with E-state index in [4.69, 9.17) is 0 Å². The van der Waals surface area contributed by atoms with Crippen molar-refractivity contribution in [3.63, 3.8) is 0 Å². The lowest BCUT2D eigenvalue weighted by Crippen LogP contribution is -2.53. The second-order valence-corrected chi connectivity index (χ2v) is 7.55. The molecular weight excluding hydrogens is 357 g/mol. The molecule has 1 heterocycles. The minimum atomic E-state index is -0.206. The maximum absolute atomic E-state index is 13.1. The maximum Gasteiger partial charge on any atom is 0.223 e. The molecule has 0 bridgehead atoms. The first-order valence-electron chi connectivity index (χ1n) is 10.4. The third-order valence-electron chi connectivity index (χ3n) is 5.67. The fourth-order valence-corrected chi connectivity index (χ4v) is 4.03. The van der Waals surface area contributed by atoms with Crippen LogP contribution in [0.1, 0.15) is 32.1 Å². The number of hydrogen-bond donors (Lipinski definition) is 2. The van der Waals surface area contributed by atoms with Gasteiger partial charge in [-0.1, -0.05) is 19.3 Å². The van der Waals surface area contributed by atoms with Crippen LogP contribution in [0.2, 0.25) is 0 Å². The predicted octanol–water partition coefficient (Wildman–Crippen LogP) is 2.22. The SMILES string of the molecule is CN=C(NCCNC(=O)C1CCCCC1)N1CCN(c2ccc(F)cc2)CC1. The molecule has 7 heteroatoms. The summed E-state index contributed by atoms with van der Waals surface area (Å²) in [5.74, 6) is 1.06. The van der Waals surface area contributed by atoms with Crippen LogP contribution in [0.5, 0.6) is 0 Å². The number of carbonyl (C=O) groups is 1. The third-order valence-corrected chi connectivity index (χ3v) is 5.67. The smallest absolute Gasteiger partial charge is 0.223 e. The lowest BCUT2D eigenvalue weighted by molar-refractivity contribution is -0.125. The molecule has 1 saturated heterocycles. The highest BCUT2D eigenvalue weighted by atomic mass is 19.1. The van der Waals surface area contributed by atoms with Gasteiger partial charge in [0.2, 0.25) is 5.91 Å². The molecule has 0 radical (unpaired) electrons. The normalized spacial score (nSPS) is 18.9. The van der Waals surface area contributed by atoms with Crippen molar-refractivity contribution in [2.24, 2.45) is 10.9 Å². The molecule has 28 heavy (non-hydrogen) atoms. The van der Waals surface area contributed by atoms with Crippen LogP contribution < -0.4 is 15.5 Å². The summed E-state index contributed by atoms with van der Waals surface area (Å²) in [7, 11) is 1.79. The van der Waals surface area contributed by atoms with Gasteiger partial charge in [-0.3, -0.25) is 9.79 Å². The Morgan fingerprint density at radius 3 is 2.32 bits per heavy atom. The first-order valence-corrected chi connectivity index (χ1v) is 10.4. The minimum Gasteiger partial charge on any atom is -0.368 e. The molecule has 2 N–H and O–H groups in total. The molecule has 1 aliphatic heterocycles. The molecule has 0 atom stereocenters. The summed E-state index contributed by atoms with van der Waals surface area (Å²) in [6.45, 7) is 4.72. The van der Waals surface area contributed by atoms with Gasteiger partial charge in [-0.15, -0.1) is 0 Å². The summed E-state index contributed by atoms with van der Waals surface area (Å²) in [5, 5.41) is 6.41. The fraction of sp³-hybridized carbons (Fsp3) is 0.619. The highest BCUT2D eigenvalue weighted by molar-refractivity contribution is 5.81. The van der Waals surface area contributed by atoms with Gasteiger partial charge in [-0.05, 0) is 37.1 Å². The summed E-state index contributed by atoms with van der Waals surface area (Å²) in [4.78, 5) is 21.1. The van der Waals surface area contributed by atoms with Crippen LogP contribution in [0.4, 0.5) is 10.1 Å². The summed E-state index contributed by atoms with van der Waals surface area (Å²) in [6, 6.07) is 6.66. The topological polar surface area (TPSA) is 60.0 Å². The zero-order valence-electron chi connectivity index (χ0n) is 16.8. The van der Waals surface area contributed by atoms with Gasteiger partial charge in [0.15, 0.2) is 5.96 Å². The van der Waals surface area contributed by atoms with E-state index in [-0.39, 0.29) is 17.6 Å². The van der Waals surface area contributed by atoms with Gasteiger partial charge < -0.3 is 20.4 Å². The monoisotopic (exact) mass is 389 g/mol. The lowest BCUT2D eigenvalue weighted by Gasteiger charge is -2.37. The van der Waals surface area contributed by atoms with E-state index in [1.165, 1.54) is 31.4 Å². The van der Waals surface area contributed by atoms with Crippen LogP contribution in [0, 0.1) is 11.7 Å². The van der Waals surface area contributed by atoms with Gasteiger partial charge >= 0.3 is 0 Å². The van der Waals surface area contributed by atoms with Crippen LogP contribution in [0.25, 0.3) is 0 Å². The van der Waals surface area contributed by atoms with Gasteiger partial charge in [-0.25, -0.2) is 4.39 Å². The van der Waals surface area contributed by atoms with E-state index in [1.807, 2.05) is 12.1 Å². The van der Waals surface area contributed by atoms with Crippen LogP contribution in [0.3, 0.4) is 0 Å². The highest BCUT2D eigenvalue weighted by Crippen LogP contribution is 2.23. The van der Waals surface area contributed by atoms with Gasteiger partial charge in [0.25, 0.3) is 0 Å². The van der Waals surface area contributed by atoms with E-state index in [9.17, 15) is 9.18 Å². The van der Waals surface area contributed by atoms with Gasteiger partial charge in [0.1, 0.15) is 5.82 Å². The van der Waals surface area contributed by atoms with Crippen molar-refractivity contribution in [3.05, 3.63) is 30.1 Å². The van der Waals surface area contributed by atoms with Gasteiger partial charge in [0, 0.05) is 57.9 Å². The van der Waals surface area contributed by atoms with Crippen molar-refractivity contribution in [1.82, 2.24) is 15.5 Å². The molecule has 1 aromatic rings. The van der Waals surface area contributed by atoms with Crippen LogP contribution in [-0.4, -0.2) is 63.1 Å². The summed E-state index contributed by atoms with van der Waals surface area (Å²) >= 11 is 0. The van der Waals surface area contributed by atoms with Crippen LogP contribution in [-0.2, 0) is 4.79 Å². The number of rotatable bonds is 5. The fourth-order valence-electron chi connectivity index (χ4n) is 4.03. The first-order chi connectivity index (χ1) is 13.7. The number of anilines is 1. The number of piperazine rings is 1. The number of amides is 1. The largest absolute Gasteiger partial charge is 0.368 e. The average Bonchev–Trinajstić information content (AvgIpc) is 2.75. The Kier molecular flexibility index (Phi) is 7.51. The Hall–Kier alpha value is -2.31. The van der Waals surface area contributed by atoms with Crippen molar-refractivity contribution < 1.29 is 9.18 Å². The number of nitrogens with zero attached hydrogens (tertiary/aromatic N) is 3. The van der Waals surface area contributed by atoms with Gasteiger partial charge in [-0.2, -0.15) is 0 Å². The van der Waals surface area contributed by atoms with Crippen molar-refractivity contribution in [1.29, 1.82) is 0 Å². The first kappa shape index (κ1) is 20.4. The third kappa shape index (κ3) is 5.59. The number of hydrogen-bond acceptors (Lipinski definition) is 3. The molecule has 2 aliphatic rings. The Bertz CT molecular complexity index is 649. The van der Waals surface area contributed by atoms with Crippen molar-refractivity contribution in [3.8, 4) is 0 Å². The molecule has 1 amide bonds. The van der Waals surface area contributed by atoms with E-state index >= 15 is 0 Å². The lowest BCUT2D eigenvalue weighted by atomic mass is 9.89. The number of carbonyl (C=O) groups excluding carboxylic acids is 1. The average molecular weight is 390 g/mol. The molecule has 0 aromatic heterocycles. The van der Waals surface area contributed by atoms with Crippen LogP contribution in [0.15, 0.2) is 29.3 Å². The van der Waals surface area contributed by atoms with Crippen molar-refractivity contribution in [2.75, 3.05) is 51.2 Å². The molecular formula is C21H32FN5O. The van der Waals surface area contributed by atoms with E-state index in [1.54, 1.807) is 7.05 Å². The van der Waals surface area contributed by atoms with E-state index < -0.39 is 0 Å². The molecule has 3 rings (SSSR count).